The Morgan fingerprint density at radius 2 is 1.71 bits per heavy atom. The van der Waals surface area contributed by atoms with Crippen LogP contribution < -0.4 is 0 Å². The fourth-order valence-electron chi connectivity index (χ4n) is 1.49. The molecule has 0 saturated carbocycles. The molecule has 0 aromatic heterocycles. The molecule has 0 aliphatic rings. The molecular formula is C13H19Br. The van der Waals surface area contributed by atoms with Crippen molar-refractivity contribution in [1.82, 2.24) is 0 Å². The molecule has 1 atom stereocenters. The molecule has 0 aliphatic carbocycles. The molecular weight excluding hydrogens is 236 g/mol. The van der Waals surface area contributed by atoms with Crippen LogP contribution in [-0.2, 0) is 6.42 Å². The lowest BCUT2D eigenvalue weighted by Crippen LogP contribution is -2.23. The highest BCUT2D eigenvalue weighted by Crippen LogP contribution is 2.30. The molecule has 0 spiro atoms. The average molecular weight is 255 g/mol. The van der Waals surface area contributed by atoms with E-state index in [1.54, 1.807) is 0 Å². The van der Waals surface area contributed by atoms with Crippen LogP contribution in [0, 0.1) is 11.3 Å². The molecule has 0 saturated heterocycles. The van der Waals surface area contributed by atoms with Crippen molar-refractivity contribution in [1.29, 1.82) is 0 Å². The third kappa shape index (κ3) is 3.45. The van der Waals surface area contributed by atoms with Gasteiger partial charge in [0, 0.05) is 5.33 Å². The molecule has 1 rings (SSSR count). The topological polar surface area (TPSA) is 0 Å². The van der Waals surface area contributed by atoms with Crippen molar-refractivity contribution < 1.29 is 0 Å². The third-order valence-electron chi connectivity index (χ3n) is 2.74. The van der Waals surface area contributed by atoms with Crippen LogP contribution in [0.25, 0.3) is 0 Å². The van der Waals surface area contributed by atoms with E-state index >= 15 is 0 Å². The first-order valence-electron chi connectivity index (χ1n) is 5.14. The third-order valence-corrected chi connectivity index (χ3v) is 3.52. The zero-order valence-electron chi connectivity index (χ0n) is 9.26. The largest absolute Gasteiger partial charge is 0.0925 e. The van der Waals surface area contributed by atoms with Crippen molar-refractivity contribution in [2.24, 2.45) is 11.3 Å². The Bertz CT molecular complexity index is 258. The molecule has 1 aromatic rings. The highest BCUT2D eigenvalue weighted by Gasteiger charge is 2.23. The van der Waals surface area contributed by atoms with E-state index in [1.165, 1.54) is 5.56 Å². The Kier molecular flexibility index (Phi) is 4.18. The van der Waals surface area contributed by atoms with Crippen LogP contribution in [0.2, 0.25) is 0 Å². The number of hydrogen-bond donors (Lipinski definition) is 0. The van der Waals surface area contributed by atoms with Crippen LogP contribution in [-0.4, -0.2) is 5.33 Å². The molecule has 0 N–H and O–H groups in total. The van der Waals surface area contributed by atoms with Gasteiger partial charge in [0.15, 0.2) is 0 Å². The van der Waals surface area contributed by atoms with Gasteiger partial charge in [0.2, 0.25) is 0 Å². The van der Waals surface area contributed by atoms with Crippen molar-refractivity contribution in [3.8, 4) is 0 Å². The maximum atomic E-state index is 3.61. The summed E-state index contributed by atoms with van der Waals surface area (Å²) in [5.74, 6) is 0.699. The minimum absolute atomic E-state index is 0.374. The van der Waals surface area contributed by atoms with Crippen LogP contribution >= 0.6 is 15.9 Å². The van der Waals surface area contributed by atoms with Gasteiger partial charge < -0.3 is 0 Å². The van der Waals surface area contributed by atoms with Crippen LogP contribution in [0.15, 0.2) is 30.3 Å². The SMILES string of the molecule is CC(C)(C)C(CBr)Cc1ccccc1. The second kappa shape index (κ2) is 4.97. The Morgan fingerprint density at radius 3 is 2.14 bits per heavy atom. The van der Waals surface area contributed by atoms with Crippen molar-refractivity contribution in [3.63, 3.8) is 0 Å². The molecule has 0 heterocycles. The van der Waals surface area contributed by atoms with E-state index in [-0.39, 0.29) is 0 Å². The van der Waals surface area contributed by atoms with Gasteiger partial charge in [-0.1, -0.05) is 67.0 Å². The second-order valence-electron chi connectivity index (χ2n) is 4.91. The van der Waals surface area contributed by atoms with E-state index in [2.05, 4.69) is 67.0 Å². The van der Waals surface area contributed by atoms with E-state index in [0.717, 1.165) is 11.8 Å². The summed E-state index contributed by atoms with van der Waals surface area (Å²) in [6.07, 6.45) is 1.16. The summed E-state index contributed by atoms with van der Waals surface area (Å²) < 4.78 is 0. The van der Waals surface area contributed by atoms with Crippen molar-refractivity contribution in [3.05, 3.63) is 35.9 Å². The highest BCUT2D eigenvalue weighted by atomic mass is 79.9. The minimum atomic E-state index is 0.374. The van der Waals surface area contributed by atoms with Crippen molar-refractivity contribution >= 4 is 15.9 Å². The number of halogens is 1. The summed E-state index contributed by atoms with van der Waals surface area (Å²) in [6, 6.07) is 10.7. The van der Waals surface area contributed by atoms with E-state index in [1.807, 2.05) is 0 Å². The predicted octanol–water partition coefficient (Wildman–Crippen LogP) is 4.29. The summed E-state index contributed by atoms with van der Waals surface area (Å²) in [4.78, 5) is 0. The predicted molar refractivity (Wildman–Crippen MR) is 66.9 cm³/mol. The second-order valence-corrected chi connectivity index (χ2v) is 5.55. The quantitative estimate of drug-likeness (QED) is 0.707. The zero-order valence-corrected chi connectivity index (χ0v) is 10.8. The van der Waals surface area contributed by atoms with Gasteiger partial charge in [-0.25, -0.2) is 0 Å². The molecule has 0 nitrogen and oxygen atoms in total. The molecule has 1 heteroatoms. The molecule has 0 amide bonds. The summed E-state index contributed by atoms with van der Waals surface area (Å²) in [6.45, 7) is 6.92. The molecule has 1 aromatic carbocycles. The van der Waals surface area contributed by atoms with Gasteiger partial charge >= 0.3 is 0 Å². The van der Waals surface area contributed by atoms with E-state index in [9.17, 15) is 0 Å². The van der Waals surface area contributed by atoms with Crippen molar-refractivity contribution in [2.75, 3.05) is 5.33 Å². The monoisotopic (exact) mass is 254 g/mol. The van der Waals surface area contributed by atoms with Crippen LogP contribution in [0.5, 0.6) is 0 Å². The fourth-order valence-corrected chi connectivity index (χ4v) is 2.69. The fraction of sp³-hybridized carbons (Fsp3) is 0.538. The highest BCUT2D eigenvalue weighted by molar-refractivity contribution is 9.09. The summed E-state index contributed by atoms with van der Waals surface area (Å²) in [7, 11) is 0. The number of rotatable bonds is 3. The number of benzene rings is 1. The van der Waals surface area contributed by atoms with Gasteiger partial charge in [0.05, 0.1) is 0 Å². The van der Waals surface area contributed by atoms with Crippen LogP contribution in [0.3, 0.4) is 0 Å². The van der Waals surface area contributed by atoms with E-state index in [0.29, 0.717) is 11.3 Å². The number of alkyl halides is 1. The summed E-state index contributed by atoms with van der Waals surface area (Å²) >= 11 is 3.61. The summed E-state index contributed by atoms with van der Waals surface area (Å²) in [5, 5.41) is 1.07. The standard InChI is InChI=1S/C13H19Br/c1-13(2,3)12(10-14)9-11-7-5-4-6-8-11/h4-8,12H,9-10H2,1-3H3. The first-order valence-corrected chi connectivity index (χ1v) is 6.26. The molecule has 0 fully saturated rings. The minimum Gasteiger partial charge on any atom is -0.0925 e. The molecule has 14 heavy (non-hydrogen) atoms. The maximum absolute atomic E-state index is 3.61. The van der Waals surface area contributed by atoms with Crippen LogP contribution in [0.4, 0.5) is 0 Å². The molecule has 78 valence electrons. The van der Waals surface area contributed by atoms with Gasteiger partial charge in [-0.05, 0) is 23.3 Å². The molecule has 0 radical (unpaired) electrons. The number of hydrogen-bond acceptors (Lipinski definition) is 0. The Morgan fingerprint density at radius 1 is 1.14 bits per heavy atom. The zero-order chi connectivity index (χ0) is 10.6. The Labute approximate surface area is 95.9 Å². The van der Waals surface area contributed by atoms with Gasteiger partial charge in [-0.3, -0.25) is 0 Å². The normalized spacial score (nSPS) is 14.0. The molecule has 0 aliphatic heterocycles. The maximum Gasteiger partial charge on any atom is 0.00678 e. The van der Waals surface area contributed by atoms with Gasteiger partial charge in [-0.2, -0.15) is 0 Å². The first kappa shape index (κ1) is 11.8. The molecule has 0 bridgehead atoms. The van der Waals surface area contributed by atoms with Gasteiger partial charge in [0.25, 0.3) is 0 Å². The van der Waals surface area contributed by atoms with E-state index in [4.69, 9.17) is 0 Å². The lowest BCUT2D eigenvalue weighted by Gasteiger charge is -2.29. The molecule has 1 unspecified atom stereocenters. The average Bonchev–Trinajstić information content (AvgIpc) is 2.14. The lowest BCUT2D eigenvalue weighted by atomic mass is 9.78. The first-order chi connectivity index (χ1) is 6.54. The summed E-state index contributed by atoms with van der Waals surface area (Å²) in [5.41, 5.74) is 1.81. The Hall–Kier alpha value is -0.300. The smallest absolute Gasteiger partial charge is 0.00678 e. The lowest BCUT2D eigenvalue weighted by molar-refractivity contribution is 0.267. The Balaban J connectivity index is 2.67. The van der Waals surface area contributed by atoms with Gasteiger partial charge in [-0.15, -0.1) is 0 Å². The van der Waals surface area contributed by atoms with Gasteiger partial charge in [0.1, 0.15) is 0 Å². The van der Waals surface area contributed by atoms with E-state index < -0.39 is 0 Å². The van der Waals surface area contributed by atoms with Crippen LogP contribution in [0.1, 0.15) is 26.3 Å². The van der Waals surface area contributed by atoms with Crippen molar-refractivity contribution in [2.45, 2.75) is 27.2 Å².